The van der Waals surface area contributed by atoms with Crippen LogP contribution in [-0.4, -0.2) is 9.66 Å². The first-order chi connectivity index (χ1) is 5.22. The molecule has 2 N–H and O–H groups in total. The van der Waals surface area contributed by atoms with E-state index in [-0.39, 0.29) is 5.56 Å². The summed E-state index contributed by atoms with van der Waals surface area (Å²) in [7, 11) is 0. The molecular weight excluding hydrogens is 142 g/mol. The number of nitrogens with zero attached hydrogens (tertiary/aromatic N) is 2. The van der Waals surface area contributed by atoms with Gasteiger partial charge in [0.1, 0.15) is 0 Å². The Balaban J connectivity index is 0.000000461. The van der Waals surface area contributed by atoms with Crippen molar-refractivity contribution >= 4 is 0 Å². The smallest absolute Gasteiger partial charge is 0.287 e. The molecule has 0 aliphatic heterocycles. The molecule has 62 valence electrons. The molecule has 0 saturated carbocycles. The van der Waals surface area contributed by atoms with Crippen LogP contribution < -0.4 is 11.4 Å². The van der Waals surface area contributed by atoms with Gasteiger partial charge in [-0.25, -0.2) is 4.68 Å². The fraction of sp³-hybridized carbons (Fsp3) is 0.429. The van der Waals surface area contributed by atoms with Gasteiger partial charge in [-0.1, -0.05) is 13.8 Å². The normalized spacial score (nSPS) is 8.27. The summed E-state index contributed by atoms with van der Waals surface area (Å²) in [6, 6.07) is 0. The Bertz CT molecular complexity index is 267. The van der Waals surface area contributed by atoms with Crippen molar-refractivity contribution in [1.29, 1.82) is 0 Å². The molecule has 0 saturated heterocycles. The number of rotatable bonds is 0. The van der Waals surface area contributed by atoms with Gasteiger partial charge in [0.25, 0.3) is 5.56 Å². The lowest BCUT2D eigenvalue weighted by Gasteiger charge is -1.97. The summed E-state index contributed by atoms with van der Waals surface area (Å²) < 4.78 is 1.05. The van der Waals surface area contributed by atoms with Gasteiger partial charge in [0, 0.05) is 6.20 Å². The fourth-order valence-corrected chi connectivity index (χ4v) is 0.507. The van der Waals surface area contributed by atoms with E-state index in [1.807, 2.05) is 13.8 Å². The van der Waals surface area contributed by atoms with Crippen LogP contribution in [0.5, 0.6) is 0 Å². The van der Waals surface area contributed by atoms with E-state index >= 15 is 0 Å². The second-order valence-electron chi connectivity index (χ2n) is 1.76. The van der Waals surface area contributed by atoms with Crippen LogP contribution in [0.2, 0.25) is 0 Å². The van der Waals surface area contributed by atoms with Crippen LogP contribution in [0.4, 0.5) is 0 Å². The molecule has 1 aromatic rings. The molecule has 0 bridgehead atoms. The average Bonchev–Trinajstić information content (AvgIpc) is 2.04. The zero-order valence-corrected chi connectivity index (χ0v) is 7.03. The molecule has 0 aliphatic rings. The van der Waals surface area contributed by atoms with E-state index in [1.165, 1.54) is 12.4 Å². The maximum atomic E-state index is 10.6. The monoisotopic (exact) mass is 155 g/mol. The largest absolute Gasteiger partial charge is 0.336 e. The van der Waals surface area contributed by atoms with Crippen LogP contribution in [0, 0.1) is 6.92 Å². The zero-order chi connectivity index (χ0) is 8.85. The standard InChI is InChI=1S/C5H7N3O.C2H6/c1-4-2-7-3-5(9)8(4)6;1-2/h2-3H,6H2,1H3;1-2H3. The summed E-state index contributed by atoms with van der Waals surface area (Å²) in [5, 5.41) is 0. The lowest BCUT2D eigenvalue weighted by molar-refractivity contribution is 0.860. The molecule has 0 aliphatic carbocycles. The highest BCUT2D eigenvalue weighted by Crippen LogP contribution is 1.81. The third kappa shape index (κ3) is 2.41. The second kappa shape index (κ2) is 4.49. The zero-order valence-electron chi connectivity index (χ0n) is 7.03. The molecule has 0 amide bonds. The number of nitrogen functional groups attached to an aromatic ring is 1. The molecule has 0 unspecified atom stereocenters. The molecule has 1 heterocycles. The van der Waals surface area contributed by atoms with Gasteiger partial charge in [-0.15, -0.1) is 0 Å². The molecule has 0 aromatic carbocycles. The van der Waals surface area contributed by atoms with Gasteiger partial charge in [-0.05, 0) is 6.92 Å². The summed E-state index contributed by atoms with van der Waals surface area (Å²) in [5.41, 5.74) is 0.373. The van der Waals surface area contributed by atoms with Gasteiger partial charge in [0.05, 0.1) is 11.9 Å². The first-order valence-electron chi connectivity index (χ1n) is 3.50. The molecule has 0 fully saturated rings. The predicted octanol–water partition coefficient (Wildman–Crippen LogP) is 0.292. The van der Waals surface area contributed by atoms with Crippen LogP contribution in [0.25, 0.3) is 0 Å². The number of aromatic nitrogens is 2. The molecule has 4 heteroatoms. The Hall–Kier alpha value is -1.32. The number of nitrogens with two attached hydrogens (primary N) is 1. The minimum Gasteiger partial charge on any atom is -0.336 e. The first kappa shape index (κ1) is 9.68. The van der Waals surface area contributed by atoms with Crippen LogP contribution >= 0.6 is 0 Å². The summed E-state index contributed by atoms with van der Waals surface area (Å²) in [5.74, 6) is 5.25. The summed E-state index contributed by atoms with van der Waals surface area (Å²) in [6.45, 7) is 5.72. The summed E-state index contributed by atoms with van der Waals surface area (Å²) in [6.07, 6.45) is 2.70. The van der Waals surface area contributed by atoms with Gasteiger partial charge in [-0.2, -0.15) is 0 Å². The molecule has 1 aromatic heterocycles. The van der Waals surface area contributed by atoms with Crippen LogP contribution in [0.1, 0.15) is 19.5 Å². The highest BCUT2D eigenvalue weighted by atomic mass is 16.1. The van der Waals surface area contributed by atoms with Crippen molar-refractivity contribution in [2.45, 2.75) is 20.8 Å². The van der Waals surface area contributed by atoms with E-state index in [0.29, 0.717) is 5.69 Å². The molecule has 0 radical (unpaired) electrons. The van der Waals surface area contributed by atoms with Gasteiger partial charge in [0.15, 0.2) is 0 Å². The van der Waals surface area contributed by atoms with Gasteiger partial charge < -0.3 is 5.84 Å². The average molecular weight is 155 g/mol. The van der Waals surface area contributed by atoms with Crippen LogP contribution in [0.3, 0.4) is 0 Å². The highest BCUT2D eigenvalue weighted by Gasteiger charge is 1.90. The highest BCUT2D eigenvalue weighted by molar-refractivity contribution is 4.94. The predicted molar refractivity (Wildman–Crippen MR) is 44.7 cm³/mol. The summed E-state index contributed by atoms with van der Waals surface area (Å²) in [4.78, 5) is 14.2. The van der Waals surface area contributed by atoms with E-state index < -0.39 is 0 Å². The third-order valence-corrected chi connectivity index (χ3v) is 1.06. The van der Waals surface area contributed by atoms with Crippen molar-refractivity contribution in [3.05, 3.63) is 28.4 Å². The molecule has 1 rings (SSSR count). The molecular formula is C7H13N3O. The van der Waals surface area contributed by atoms with Crippen molar-refractivity contribution in [2.24, 2.45) is 0 Å². The Kier molecular flexibility index (Phi) is 3.95. The maximum absolute atomic E-state index is 10.6. The van der Waals surface area contributed by atoms with E-state index in [4.69, 9.17) is 5.84 Å². The van der Waals surface area contributed by atoms with E-state index in [1.54, 1.807) is 6.92 Å². The van der Waals surface area contributed by atoms with E-state index in [0.717, 1.165) is 4.68 Å². The van der Waals surface area contributed by atoms with Crippen molar-refractivity contribution in [1.82, 2.24) is 9.66 Å². The van der Waals surface area contributed by atoms with Crippen LogP contribution in [-0.2, 0) is 0 Å². The molecule has 4 nitrogen and oxygen atoms in total. The minimum absolute atomic E-state index is 0.282. The Labute approximate surface area is 65.7 Å². The second-order valence-corrected chi connectivity index (χ2v) is 1.76. The Morgan fingerprint density at radius 2 is 2.00 bits per heavy atom. The lowest BCUT2D eigenvalue weighted by atomic mass is 10.5. The van der Waals surface area contributed by atoms with E-state index in [9.17, 15) is 4.79 Å². The van der Waals surface area contributed by atoms with Gasteiger partial charge in [0.2, 0.25) is 0 Å². The minimum atomic E-state index is -0.282. The third-order valence-electron chi connectivity index (χ3n) is 1.06. The summed E-state index contributed by atoms with van der Waals surface area (Å²) >= 11 is 0. The maximum Gasteiger partial charge on any atom is 0.287 e. The number of hydrogen-bond acceptors (Lipinski definition) is 3. The van der Waals surface area contributed by atoms with Gasteiger partial charge >= 0.3 is 0 Å². The Morgan fingerprint density at radius 1 is 1.45 bits per heavy atom. The number of hydrogen-bond donors (Lipinski definition) is 1. The van der Waals surface area contributed by atoms with Crippen molar-refractivity contribution < 1.29 is 0 Å². The van der Waals surface area contributed by atoms with Gasteiger partial charge in [-0.3, -0.25) is 9.78 Å². The lowest BCUT2D eigenvalue weighted by Crippen LogP contribution is -2.28. The molecule has 11 heavy (non-hydrogen) atoms. The SMILES string of the molecule is CC.Cc1cncc(=O)n1N. The molecule has 0 atom stereocenters. The topological polar surface area (TPSA) is 60.9 Å². The fourth-order valence-electron chi connectivity index (χ4n) is 0.507. The van der Waals surface area contributed by atoms with Crippen molar-refractivity contribution in [3.8, 4) is 0 Å². The van der Waals surface area contributed by atoms with Crippen molar-refractivity contribution in [2.75, 3.05) is 5.84 Å². The molecule has 0 spiro atoms. The van der Waals surface area contributed by atoms with Crippen LogP contribution in [0.15, 0.2) is 17.2 Å². The Morgan fingerprint density at radius 3 is 2.36 bits per heavy atom. The number of aryl methyl sites for hydroxylation is 1. The quantitative estimate of drug-likeness (QED) is 0.548. The first-order valence-corrected chi connectivity index (χ1v) is 3.50. The van der Waals surface area contributed by atoms with E-state index in [2.05, 4.69) is 4.98 Å². The van der Waals surface area contributed by atoms with Crippen molar-refractivity contribution in [3.63, 3.8) is 0 Å².